The maximum Gasteiger partial charge on any atom is 0.472 e. The fourth-order valence-electron chi connectivity index (χ4n) is 3.32. The Morgan fingerprint density at radius 2 is 1.61 bits per heavy atom. The average Bonchev–Trinajstić information content (AvgIpc) is 2.91. The molecule has 0 amide bonds. The number of phosphoric acid groups is 1. The summed E-state index contributed by atoms with van der Waals surface area (Å²) in [5.74, 6) is -0.498. The second-order valence-electron chi connectivity index (χ2n) is 8.22. The Kier molecular flexibility index (Phi) is 11.0. The molecule has 0 radical (unpaired) electrons. The lowest BCUT2D eigenvalue weighted by Gasteiger charge is -2.14. The van der Waals surface area contributed by atoms with Gasteiger partial charge in [0.1, 0.15) is 17.5 Å². The van der Waals surface area contributed by atoms with Crippen LogP contribution in [0.3, 0.4) is 0 Å². The van der Waals surface area contributed by atoms with Gasteiger partial charge < -0.3 is 25.2 Å². The lowest BCUT2D eigenvalue weighted by Crippen LogP contribution is -2.34. The highest BCUT2D eigenvalue weighted by atomic mass is 31.2. The van der Waals surface area contributed by atoms with Gasteiger partial charge >= 0.3 is 19.8 Å². The van der Waals surface area contributed by atoms with E-state index in [4.69, 9.17) is 24.8 Å². The van der Waals surface area contributed by atoms with Crippen LogP contribution in [0.5, 0.6) is 11.5 Å². The van der Waals surface area contributed by atoms with Crippen molar-refractivity contribution < 1.29 is 42.7 Å². The summed E-state index contributed by atoms with van der Waals surface area (Å²) in [4.78, 5) is 32.3. The van der Waals surface area contributed by atoms with Crippen LogP contribution in [0, 0.1) is 0 Å². The molecule has 3 aromatic carbocycles. The van der Waals surface area contributed by atoms with E-state index in [2.05, 4.69) is 4.52 Å². The van der Waals surface area contributed by atoms with E-state index in [9.17, 15) is 19.0 Å². The smallest absolute Gasteiger partial charge is 0.472 e. The van der Waals surface area contributed by atoms with Gasteiger partial charge in [0.2, 0.25) is 0 Å². The maximum atomic E-state index is 12.2. The number of hydrogen-bond acceptors (Lipinski definition) is 8. The lowest BCUT2D eigenvalue weighted by molar-refractivity contribution is -0.143. The van der Waals surface area contributed by atoms with Gasteiger partial charge in [-0.15, -0.1) is 0 Å². The number of rotatable bonds is 15. The molecule has 0 saturated carbocycles. The minimum atomic E-state index is -4.46. The fourth-order valence-corrected chi connectivity index (χ4v) is 4.11. The molecule has 4 N–H and O–H groups in total. The molecule has 2 atom stereocenters. The lowest BCUT2D eigenvalue weighted by atomic mass is 10.1. The third-order valence-electron chi connectivity index (χ3n) is 5.28. The van der Waals surface area contributed by atoms with E-state index in [0.29, 0.717) is 17.9 Å². The molecule has 0 aromatic heterocycles. The summed E-state index contributed by atoms with van der Waals surface area (Å²) in [6.07, 6.45) is 0.648. The van der Waals surface area contributed by atoms with Crippen molar-refractivity contribution in [3.63, 3.8) is 0 Å². The minimum absolute atomic E-state index is 0.0299. The Hall–Kier alpha value is -3.53. The van der Waals surface area contributed by atoms with Crippen LogP contribution in [0.1, 0.15) is 18.4 Å². The number of ether oxygens (including phenoxy) is 2. The maximum absolute atomic E-state index is 12.2. The summed E-state index contributed by atoms with van der Waals surface area (Å²) in [5, 5.41) is 8.65. The monoisotopic (exact) mass is 543 g/mol. The Morgan fingerprint density at radius 1 is 0.895 bits per heavy atom. The van der Waals surface area contributed by atoms with Crippen LogP contribution in [0.15, 0.2) is 78.9 Å². The molecule has 0 fully saturated rings. The molecule has 0 aliphatic heterocycles. The van der Waals surface area contributed by atoms with Crippen molar-refractivity contribution in [1.29, 1.82) is 0 Å². The van der Waals surface area contributed by atoms with Crippen LogP contribution in [0.25, 0.3) is 11.1 Å². The Morgan fingerprint density at radius 3 is 2.37 bits per heavy atom. The van der Waals surface area contributed by atoms with Crippen molar-refractivity contribution in [2.75, 3.05) is 19.8 Å². The van der Waals surface area contributed by atoms with E-state index < -0.39 is 32.4 Å². The first-order chi connectivity index (χ1) is 18.2. The second-order valence-corrected chi connectivity index (χ2v) is 9.67. The van der Waals surface area contributed by atoms with E-state index in [1.807, 2.05) is 78.9 Å². The summed E-state index contributed by atoms with van der Waals surface area (Å²) in [6.45, 7) is -0.943. The molecule has 0 heterocycles. The van der Waals surface area contributed by atoms with Crippen molar-refractivity contribution in [3.05, 3.63) is 84.4 Å². The molecule has 0 spiro atoms. The van der Waals surface area contributed by atoms with E-state index in [-0.39, 0.29) is 26.1 Å². The molecule has 0 aliphatic rings. The predicted octanol–water partition coefficient (Wildman–Crippen LogP) is 4.56. The van der Waals surface area contributed by atoms with Gasteiger partial charge in [-0.3, -0.25) is 18.6 Å². The topological polar surface area (TPSA) is 155 Å². The molecule has 11 heteroatoms. The number of phosphoric ester groups is 1. The first-order valence-electron chi connectivity index (χ1n) is 11.9. The molecule has 3 rings (SSSR count). The van der Waals surface area contributed by atoms with Gasteiger partial charge in [-0.05, 0) is 41.3 Å². The van der Waals surface area contributed by atoms with Crippen LogP contribution in [0.2, 0.25) is 0 Å². The van der Waals surface area contributed by atoms with Gasteiger partial charge in [0, 0.05) is 12.8 Å². The highest BCUT2D eigenvalue weighted by molar-refractivity contribution is 7.47. The number of esters is 1. The number of carboxylic acids is 1. The summed E-state index contributed by atoms with van der Waals surface area (Å²) >= 11 is 0. The molecular formula is C27H30NO9P. The average molecular weight is 544 g/mol. The number of aliphatic carboxylic acids is 1. The fraction of sp³-hybridized carbons (Fsp3) is 0.259. The van der Waals surface area contributed by atoms with Gasteiger partial charge in [-0.2, -0.15) is 0 Å². The van der Waals surface area contributed by atoms with Crippen LogP contribution in [-0.2, 0) is 34.4 Å². The second kappa shape index (κ2) is 14.4. The zero-order valence-electron chi connectivity index (χ0n) is 20.6. The summed E-state index contributed by atoms with van der Waals surface area (Å²) in [6, 6.07) is 23.7. The number of para-hydroxylation sites is 1. The molecule has 10 nitrogen and oxygen atoms in total. The number of carbonyl (C=O) groups excluding carboxylic acids is 1. The van der Waals surface area contributed by atoms with E-state index in [1.54, 1.807) is 0 Å². The molecule has 38 heavy (non-hydrogen) atoms. The minimum Gasteiger partial charge on any atom is -0.480 e. The summed E-state index contributed by atoms with van der Waals surface area (Å²) in [5.41, 5.74) is 8.15. The summed E-state index contributed by atoms with van der Waals surface area (Å²) in [7, 11) is -4.46. The SMILES string of the molecule is N[C@@H](COP(=O)(O)OCCCOC(=O)CCc1ccccc1Oc1cccc(-c2ccccc2)c1)C(=O)O. The molecular weight excluding hydrogens is 513 g/mol. The van der Waals surface area contributed by atoms with E-state index >= 15 is 0 Å². The largest absolute Gasteiger partial charge is 0.480 e. The highest BCUT2D eigenvalue weighted by Crippen LogP contribution is 2.43. The predicted molar refractivity (Wildman–Crippen MR) is 140 cm³/mol. The normalized spacial score (nSPS) is 13.3. The highest BCUT2D eigenvalue weighted by Gasteiger charge is 2.24. The van der Waals surface area contributed by atoms with Gasteiger partial charge in [0.15, 0.2) is 0 Å². The molecule has 3 aromatic rings. The number of benzene rings is 3. The first kappa shape index (κ1) is 29.0. The van der Waals surface area contributed by atoms with Crippen LogP contribution < -0.4 is 10.5 Å². The third-order valence-corrected chi connectivity index (χ3v) is 6.26. The number of carbonyl (C=O) groups is 2. The van der Waals surface area contributed by atoms with Gasteiger partial charge in [0.25, 0.3) is 0 Å². The Balaban J connectivity index is 1.42. The van der Waals surface area contributed by atoms with Gasteiger partial charge in [0.05, 0.1) is 19.8 Å². The van der Waals surface area contributed by atoms with Crippen molar-refractivity contribution in [1.82, 2.24) is 0 Å². The number of nitrogens with two attached hydrogens (primary N) is 1. The zero-order valence-corrected chi connectivity index (χ0v) is 21.5. The number of aryl methyl sites for hydroxylation is 1. The van der Waals surface area contributed by atoms with Crippen LogP contribution >= 0.6 is 7.82 Å². The van der Waals surface area contributed by atoms with Gasteiger partial charge in [-0.25, -0.2) is 4.57 Å². The van der Waals surface area contributed by atoms with Crippen molar-refractivity contribution in [3.8, 4) is 22.6 Å². The summed E-state index contributed by atoms with van der Waals surface area (Å²) < 4.78 is 32.2. The van der Waals surface area contributed by atoms with Gasteiger partial charge in [-0.1, -0.05) is 60.7 Å². The van der Waals surface area contributed by atoms with E-state index in [0.717, 1.165) is 16.7 Å². The molecule has 0 saturated heterocycles. The molecule has 0 aliphatic carbocycles. The molecule has 1 unspecified atom stereocenters. The van der Waals surface area contributed by atoms with Crippen molar-refractivity contribution in [2.24, 2.45) is 5.73 Å². The standard InChI is InChI=1S/C27H30NO9P/c28-24(27(30)31)19-36-38(32,33)35-17-7-16-34-26(29)15-14-21-10-4-5-13-25(21)37-23-12-6-11-22(18-23)20-8-2-1-3-9-20/h1-6,8-13,18,24H,7,14-17,19,28H2,(H,30,31)(H,32,33)/t24-/m0/s1. The Labute approximate surface area is 220 Å². The molecule has 0 bridgehead atoms. The van der Waals surface area contributed by atoms with Crippen LogP contribution in [0.4, 0.5) is 0 Å². The third kappa shape index (κ3) is 9.74. The van der Waals surface area contributed by atoms with Crippen LogP contribution in [-0.4, -0.2) is 47.8 Å². The quantitative estimate of drug-likeness (QED) is 0.141. The molecule has 202 valence electrons. The number of carboxylic acid groups (broad SMARTS) is 1. The number of hydrogen-bond donors (Lipinski definition) is 3. The Bertz CT molecular complexity index is 1250. The zero-order chi connectivity index (χ0) is 27.4. The van der Waals surface area contributed by atoms with Crippen molar-refractivity contribution >= 4 is 19.8 Å². The van der Waals surface area contributed by atoms with Crippen molar-refractivity contribution in [2.45, 2.75) is 25.3 Å². The van der Waals surface area contributed by atoms with E-state index in [1.165, 1.54) is 0 Å². The first-order valence-corrected chi connectivity index (χ1v) is 13.4.